The lowest BCUT2D eigenvalue weighted by Gasteiger charge is -2.29. The minimum atomic E-state index is -0.318. The summed E-state index contributed by atoms with van der Waals surface area (Å²) in [7, 11) is 2.22. The minimum absolute atomic E-state index is 0.232. The van der Waals surface area contributed by atoms with Crippen LogP contribution in [0, 0.1) is 0 Å². The normalized spacial score (nSPS) is 16.9. The fraction of sp³-hybridized carbons (Fsp3) is 0.900. The van der Waals surface area contributed by atoms with Crippen LogP contribution >= 0.6 is 0 Å². The predicted octanol–water partition coefficient (Wildman–Crippen LogP) is 12.7. The summed E-state index contributed by atoms with van der Waals surface area (Å²) in [5, 5.41) is 0. The zero-order valence-corrected chi connectivity index (χ0v) is 29.9. The third-order valence-corrected chi connectivity index (χ3v) is 9.17. The van der Waals surface area contributed by atoms with Gasteiger partial charge in [-0.05, 0) is 84.2 Å². The van der Waals surface area contributed by atoms with E-state index < -0.39 is 0 Å². The minimum Gasteiger partial charge on any atom is -0.347 e. The van der Waals surface area contributed by atoms with Crippen molar-refractivity contribution in [1.82, 2.24) is 4.90 Å². The molecule has 1 atom stereocenters. The lowest BCUT2D eigenvalue weighted by molar-refractivity contribution is -0.180. The van der Waals surface area contributed by atoms with Gasteiger partial charge in [0, 0.05) is 19.4 Å². The Morgan fingerprint density at radius 1 is 0.535 bits per heavy atom. The summed E-state index contributed by atoms with van der Waals surface area (Å²) in [4.78, 5) is 2.41. The number of allylic oxidation sites excluding steroid dienone is 4. The Labute approximate surface area is 271 Å². The van der Waals surface area contributed by atoms with Gasteiger partial charge in [0.25, 0.3) is 0 Å². The van der Waals surface area contributed by atoms with Crippen molar-refractivity contribution >= 4 is 0 Å². The number of likely N-dealkylation sites (N-methyl/N-ethyl adjacent to an activating group) is 1. The third-order valence-electron chi connectivity index (χ3n) is 9.17. The lowest BCUT2D eigenvalue weighted by Crippen LogP contribution is -2.35. The highest BCUT2D eigenvalue weighted by Crippen LogP contribution is 2.35. The molecule has 1 aliphatic rings. The number of rotatable bonds is 32. The van der Waals surface area contributed by atoms with Gasteiger partial charge in [-0.25, -0.2) is 0 Å². The molecule has 0 aliphatic carbocycles. The molecular weight excluding hydrogens is 526 g/mol. The Kier molecular flexibility index (Phi) is 28.2. The maximum atomic E-state index is 6.71. The van der Waals surface area contributed by atoms with Gasteiger partial charge in [0.1, 0.15) is 0 Å². The van der Waals surface area contributed by atoms with Crippen molar-refractivity contribution in [2.24, 2.45) is 0 Å². The van der Waals surface area contributed by atoms with E-state index in [9.17, 15) is 0 Å². The van der Waals surface area contributed by atoms with E-state index in [1.54, 1.807) is 0 Å². The van der Waals surface area contributed by atoms with E-state index in [1.807, 2.05) is 0 Å². The van der Waals surface area contributed by atoms with Crippen molar-refractivity contribution in [1.29, 1.82) is 0 Å². The highest BCUT2D eigenvalue weighted by atomic mass is 16.7. The highest BCUT2D eigenvalue weighted by Gasteiger charge is 2.40. The van der Waals surface area contributed by atoms with Gasteiger partial charge < -0.3 is 14.4 Å². The molecule has 0 aromatic heterocycles. The zero-order valence-electron chi connectivity index (χ0n) is 29.9. The Hall–Kier alpha value is -0.640. The number of hydrogen-bond donors (Lipinski definition) is 0. The Morgan fingerprint density at radius 2 is 0.930 bits per heavy atom. The predicted molar refractivity (Wildman–Crippen MR) is 191 cm³/mol. The van der Waals surface area contributed by atoms with E-state index in [0.717, 1.165) is 32.5 Å². The molecule has 3 nitrogen and oxygen atoms in total. The average molecular weight is 604 g/mol. The molecule has 0 aromatic carbocycles. The molecule has 1 rings (SSSR count). The van der Waals surface area contributed by atoms with Gasteiger partial charge in [0.15, 0.2) is 5.79 Å². The van der Waals surface area contributed by atoms with Crippen LogP contribution in [-0.2, 0) is 9.47 Å². The van der Waals surface area contributed by atoms with Gasteiger partial charge >= 0.3 is 0 Å². The second-order valence-corrected chi connectivity index (χ2v) is 13.7. The summed E-state index contributed by atoms with van der Waals surface area (Å²) >= 11 is 0. The first-order chi connectivity index (χ1) is 21.2. The summed E-state index contributed by atoms with van der Waals surface area (Å²) in [6.45, 7) is 9.73. The van der Waals surface area contributed by atoms with Crippen molar-refractivity contribution in [3.63, 3.8) is 0 Å². The summed E-state index contributed by atoms with van der Waals surface area (Å²) in [5.41, 5.74) is 0. The van der Waals surface area contributed by atoms with Gasteiger partial charge in [-0.2, -0.15) is 0 Å². The van der Waals surface area contributed by atoms with Crippen LogP contribution in [-0.4, -0.2) is 43.5 Å². The van der Waals surface area contributed by atoms with Gasteiger partial charge in [0.05, 0.1) is 12.7 Å². The lowest BCUT2D eigenvalue weighted by atomic mass is 9.98. The fourth-order valence-electron chi connectivity index (χ4n) is 6.49. The molecule has 1 fully saturated rings. The van der Waals surface area contributed by atoms with E-state index in [-0.39, 0.29) is 11.9 Å². The Morgan fingerprint density at radius 3 is 1.35 bits per heavy atom. The third kappa shape index (κ3) is 24.3. The SMILES string of the molecule is CCCCCC/C=C\CCCCCCCCC1(CCCCCCCC/C=C\CCCCCC)OC[C@H](CN(C)CCC)O1. The summed E-state index contributed by atoms with van der Waals surface area (Å²) in [6.07, 6.45) is 45.3. The standard InChI is InChI=1S/C40H77NO2/c1-5-8-10-12-14-16-18-20-22-24-26-28-30-32-34-40(42-38-39(43-40)37-41(4)36-7-3)35-33-31-29-27-25-23-21-19-17-15-13-11-9-6-2/h16-19,39H,5-15,20-38H2,1-4H3/b18-16-,19-17-/t39-/m0/s1. The van der Waals surface area contributed by atoms with Crippen molar-refractivity contribution in [2.45, 2.75) is 206 Å². The summed E-state index contributed by atoms with van der Waals surface area (Å²) in [6, 6.07) is 0. The maximum absolute atomic E-state index is 6.71. The van der Waals surface area contributed by atoms with Gasteiger partial charge in [0.2, 0.25) is 0 Å². The molecule has 0 radical (unpaired) electrons. The molecule has 43 heavy (non-hydrogen) atoms. The molecule has 0 saturated carbocycles. The zero-order chi connectivity index (χ0) is 31.1. The van der Waals surface area contributed by atoms with Gasteiger partial charge in [-0.1, -0.05) is 135 Å². The molecule has 1 heterocycles. The molecule has 0 aromatic rings. The van der Waals surface area contributed by atoms with Crippen LogP contribution < -0.4 is 0 Å². The van der Waals surface area contributed by atoms with E-state index in [1.165, 1.54) is 161 Å². The smallest absolute Gasteiger partial charge is 0.168 e. The molecule has 3 heteroatoms. The van der Waals surface area contributed by atoms with E-state index in [4.69, 9.17) is 9.47 Å². The fourth-order valence-corrected chi connectivity index (χ4v) is 6.49. The van der Waals surface area contributed by atoms with Crippen LogP contribution in [0.2, 0.25) is 0 Å². The highest BCUT2D eigenvalue weighted by molar-refractivity contribution is 4.83. The monoisotopic (exact) mass is 604 g/mol. The van der Waals surface area contributed by atoms with Crippen LogP contribution in [0.3, 0.4) is 0 Å². The first-order valence-corrected chi connectivity index (χ1v) is 19.5. The first kappa shape index (κ1) is 40.4. The molecular formula is C40H77NO2. The summed E-state index contributed by atoms with van der Waals surface area (Å²) < 4.78 is 13.2. The van der Waals surface area contributed by atoms with Crippen molar-refractivity contribution in [3.05, 3.63) is 24.3 Å². The van der Waals surface area contributed by atoms with Crippen LogP contribution in [0.4, 0.5) is 0 Å². The molecule has 0 bridgehead atoms. The molecule has 1 saturated heterocycles. The second-order valence-electron chi connectivity index (χ2n) is 13.7. The number of hydrogen-bond acceptors (Lipinski definition) is 3. The molecule has 0 spiro atoms. The summed E-state index contributed by atoms with van der Waals surface area (Å²) in [5.74, 6) is -0.318. The topological polar surface area (TPSA) is 21.7 Å². The molecule has 254 valence electrons. The van der Waals surface area contributed by atoms with Crippen molar-refractivity contribution < 1.29 is 9.47 Å². The van der Waals surface area contributed by atoms with Crippen molar-refractivity contribution in [3.8, 4) is 0 Å². The van der Waals surface area contributed by atoms with Crippen LogP contribution in [0.15, 0.2) is 24.3 Å². The molecule has 0 amide bonds. The van der Waals surface area contributed by atoms with E-state index >= 15 is 0 Å². The first-order valence-electron chi connectivity index (χ1n) is 19.5. The number of unbranched alkanes of at least 4 members (excludes halogenated alkanes) is 20. The Balaban J connectivity index is 2.21. The molecule has 1 aliphatic heterocycles. The van der Waals surface area contributed by atoms with E-state index in [0.29, 0.717) is 0 Å². The maximum Gasteiger partial charge on any atom is 0.168 e. The van der Waals surface area contributed by atoms with Gasteiger partial charge in [-0.15, -0.1) is 0 Å². The number of nitrogens with zero attached hydrogens (tertiary/aromatic N) is 1. The molecule has 0 unspecified atom stereocenters. The van der Waals surface area contributed by atoms with E-state index in [2.05, 4.69) is 57.0 Å². The van der Waals surface area contributed by atoms with Crippen LogP contribution in [0.25, 0.3) is 0 Å². The van der Waals surface area contributed by atoms with Crippen LogP contribution in [0.1, 0.15) is 194 Å². The van der Waals surface area contributed by atoms with Crippen LogP contribution in [0.5, 0.6) is 0 Å². The second kappa shape index (κ2) is 30.0. The quantitative estimate of drug-likeness (QED) is 0.0564. The van der Waals surface area contributed by atoms with Gasteiger partial charge in [-0.3, -0.25) is 0 Å². The number of ether oxygens (including phenoxy) is 2. The largest absolute Gasteiger partial charge is 0.347 e. The Bertz CT molecular complexity index is 592. The average Bonchev–Trinajstić information content (AvgIpc) is 3.39. The van der Waals surface area contributed by atoms with Crippen molar-refractivity contribution in [2.75, 3.05) is 26.7 Å². The molecule has 0 N–H and O–H groups in total.